The Morgan fingerprint density at radius 3 is 2.10 bits per heavy atom. The second-order valence-corrected chi connectivity index (χ2v) is 9.44. The number of hydrazine groups is 1. The third kappa shape index (κ3) is 6.42. The van der Waals surface area contributed by atoms with Crippen molar-refractivity contribution in [3.63, 3.8) is 0 Å². The number of hydrogen-bond donors (Lipinski definition) is 3. The SMILES string of the molecule is COc1ccc(C(=O)NNC(=O)C(NS(=O)(=O)c2ccc(Br)cc2)C(C)C)cc1OC. The van der Waals surface area contributed by atoms with Gasteiger partial charge in [0.15, 0.2) is 11.5 Å². The number of ether oxygens (including phenoxy) is 2. The molecular formula is C20H24BrN3O6S. The van der Waals surface area contributed by atoms with Gasteiger partial charge in [-0.05, 0) is 48.4 Å². The quantitative estimate of drug-likeness (QED) is 0.465. The number of halogens is 1. The van der Waals surface area contributed by atoms with Gasteiger partial charge in [-0.15, -0.1) is 0 Å². The summed E-state index contributed by atoms with van der Waals surface area (Å²) in [4.78, 5) is 25.0. The summed E-state index contributed by atoms with van der Waals surface area (Å²) in [6.07, 6.45) is 0. The highest BCUT2D eigenvalue weighted by molar-refractivity contribution is 9.10. The van der Waals surface area contributed by atoms with Gasteiger partial charge in [-0.2, -0.15) is 4.72 Å². The summed E-state index contributed by atoms with van der Waals surface area (Å²) in [5, 5.41) is 0. The second kappa shape index (κ2) is 10.6. The molecule has 1 atom stereocenters. The van der Waals surface area contributed by atoms with E-state index in [1.807, 2.05) is 0 Å². The summed E-state index contributed by atoms with van der Waals surface area (Å²) in [5.41, 5.74) is 4.76. The van der Waals surface area contributed by atoms with E-state index in [9.17, 15) is 18.0 Å². The molecule has 3 N–H and O–H groups in total. The fourth-order valence-electron chi connectivity index (χ4n) is 2.59. The summed E-state index contributed by atoms with van der Waals surface area (Å²) in [6, 6.07) is 9.40. The van der Waals surface area contributed by atoms with Gasteiger partial charge in [-0.1, -0.05) is 29.8 Å². The molecule has 0 heterocycles. The van der Waals surface area contributed by atoms with Gasteiger partial charge in [0.2, 0.25) is 10.0 Å². The van der Waals surface area contributed by atoms with Crippen molar-refractivity contribution in [2.24, 2.45) is 5.92 Å². The molecule has 0 fully saturated rings. The number of benzene rings is 2. The summed E-state index contributed by atoms with van der Waals surface area (Å²) in [5.74, 6) is -0.894. The molecule has 0 aliphatic heterocycles. The molecule has 2 rings (SSSR count). The maximum Gasteiger partial charge on any atom is 0.269 e. The van der Waals surface area contributed by atoms with Crippen LogP contribution in [0.4, 0.5) is 0 Å². The molecule has 2 aromatic rings. The van der Waals surface area contributed by atoms with Gasteiger partial charge in [0.1, 0.15) is 6.04 Å². The van der Waals surface area contributed by atoms with Crippen molar-refractivity contribution in [2.45, 2.75) is 24.8 Å². The standard InChI is InChI=1S/C20H24BrN3O6S/c1-12(2)18(24-31(27,28)15-8-6-14(21)7-9-15)20(26)23-22-19(25)13-5-10-16(29-3)17(11-13)30-4/h5-12,18,24H,1-4H3,(H,22,25)(H,23,26). The van der Waals surface area contributed by atoms with E-state index in [-0.39, 0.29) is 16.4 Å². The molecule has 0 aliphatic carbocycles. The maximum absolute atomic E-state index is 12.6. The molecule has 9 nitrogen and oxygen atoms in total. The molecule has 0 aromatic heterocycles. The largest absolute Gasteiger partial charge is 0.493 e. The maximum atomic E-state index is 12.6. The molecule has 0 spiro atoms. The van der Waals surface area contributed by atoms with E-state index in [1.54, 1.807) is 32.0 Å². The number of carbonyl (C=O) groups is 2. The van der Waals surface area contributed by atoms with Crippen LogP contribution in [0.1, 0.15) is 24.2 Å². The minimum Gasteiger partial charge on any atom is -0.493 e. The summed E-state index contributed by atoms with van der Waals surface area (Å²) in [6.45, 7) is 3.37. The van der Waals surface area contributed by atoms with E-state index in [0.29, 0.717) is 11.5 Å². The van der Waals surface area contributed by atoms with Gasteiger partial charge >= 0.3 is 0 Å². The lowest BCUT2D eigenvalue weighted by molar-refractivity contribution is -0.124. The Morgan fingerprint density at radius 1 is 0.935 bits per heavy atom. The predicted octanol–water partition coefficient (Wildman–Crippen LogP) is 2.23. The normalized spacial score (nSPS) is 12.2. The number of carbonyl (C=O) groups excluding carboxylic acids is 2. The zero-order valence-electron chi connectivity index (χ0n) is 17.4. The second-order valence-electron chi connectivity index (χ2n) is 6.81. The highest BCUT2D eigenvalue weighted by Crippen LogP contribution is 2.27. The van der Waals surface area contributed by atoms with Gasteiger partial charge in [0.05, 0.1) is 19.1 Å². The van der Waals surface area contributed by atoms with E-state index in [0.717, 1.165) is 4.47 Å². The molecule has 0 bridgehead atoms. The van der Waals surface area contributed by atoms with Crippen LogP contribution in [0, 0.1) is 5.92 Å². The number of rotatable bonds is 8. The van der Waals surface area contributed by atoms with Crippen LogP contribution in [0.25, 0.3) is 0 Å². The lowest BCUT2D eigenvalue weighted by Crippen LogP contribution is -2.54. The molecule has 11 heteroatoms. The summed E-state index contributed by atoms with van der Waals surface area (Å²) in [7, 11) is -1.04. The fraction of sp³-hybridized carbons (Fsp3) is 0.300. The van der Waals surface area contributed by atoms with Crippen LogP contribution in [-0.4, -0.2) is 40.5 Å². The van der Waals surface area contributed by atoms with E-state index >= 15 is 0 Å². The lowest BCUT2D eigenvalue weighted by Gasteiger charge is -2.22. The average molecular weight is 514 g/mol. The van der Waals surface area contributed by atoms with Gasteiger partial charge in [0, 0.05) is 10.0 Å². The molecule has 0 saturated carbocycles. The van der Waals surface area contributed by atoms with Crippen molar-refractivity contribution in [2.75, 3.05) is 14.2 Å². The highest BCUT2D eigenvalue weighted by atomic mass is 79.9. The summed E-state index contributed by atoms with van der Waals surface area (Å²) >= 11 is 3.25. The smallest absolute Gasteiger partial charge is 0.269 e. The zero-order chi connectivity index (χ0) is 23.2. The number of nitrogens with one attached hydrogen (secondary N) is 3. The summed E-state index contributed by atoms with van der Waals surface area (Å²) < 4.78 is 38.7. The van der Waals surface area contributed by atoms with Crippen molar-refractivity contribution in [3.05, 3.63) is 52.5 Å². The van der Waals surface area contributed by atoms with Crippen molar-refractivity contribution >= 4 is 37.8 Å². The van der Waals surface area contributed by atoms with E-state index < -0.39 is 27.9 Å². The van der Waals surface area contributed by atoms with E-state index in [4.69, 9.17) is 9.47 Å². The van der Waals surface area contributed by atoms with Crippen molar-refractivity contribution in [1.82, 2.24) is 15.6 Å². The Hall–Kier alpha value is -2.63. The minimum absolute atomic E-state index is 0.0171. The van der Waals surface area contributed by atoms with Gasteiger partial charge < -0.3 is 9.47 Å². The van der Waals surface area contributed by atoms with Gasteiger partial charge in [-0.3, -0.25) is 20.4 Å². The predicted molar refractivity (Wildman–Crippen MR) is 118 cm³/mol. The van der Waals surface area contributed by atoms with Gasteiger partial charge in [0.25, 0.3) is 11.8 Å². The first-order valence-corrected chi connectivity index (χ1v) is 11.5. The molecule has 0 saturated heterocycles. The van der Waals surface area contributed by atoms with Crippen molar-refractivity contribution in [1.29, 1.82) is 0 Å². The Kier molecular flexibility index (Phi) is 8.43. The average Bonchev–Trinajstić information content (AvgIpc) is 2.75. The number of sulfonamides is 1. The monoisotopic (exact) mass is 513 g/mol. The van der Waals surface area contributed by atoms with Crippen molar-refractivity contribution < 1.29 is 27.5 Å². The molecule has 1 unspecified atom stereocenters. The molecule has 0 radical (unpaired) electrons. The van der Waals surface area contributed by atoms with E-state index in [1.165, 1.54) is 38.5 Å². The van der Waals surface area contributed by atoms with Crippen LogP contribution in [-0.2, 0) is 14.8 Å². The van der Waals surface area contributed by atoms with Crippen LogP contribution in [0.5, 0.6) is 11.5 Å². The Bertz CT molecular complexity index is 1040. The number of methoxy groups -OCH3 is 2. The lowest BCUT2D eigenvalue weighted by atomic mass is 10.1. The van der Waals surface area contributed by atoms with Crippen LogP contribution in [0.15, 0.2) is 51.8 Å². The topological polar surface area (TPSA) is 123 Å². The first-order chi connectivity index (χ1) is 14.6. The Balaban J connectivity index is 2.09. The molecule has 2 aromatic carbocycles. The molecule has 0 aliphatic rings. The highest BCUT2D eigenvalue weighted by Gasteiger charge is 2.28. The van der Waals surface area contributed by atoms with Crippen LogP contribution >= 0.6 is 15.9 Å². The first kappa shape index (κ1) is 24.6. The van der Waals surface area contributed by atoms with Crippen LogP contribution in [0.3, 0.4) is 0 Å². The third-order valence-corrected chi connectivity index (χ3v) is 6.29. The number of amides is 2. The molecule has 31 heavy (non-hydrogen) atoms. The van der Waals surface area contributed by atoms with Crippen molar-refractivity contribution in [3.8, 4) is 11.5 Å². The van der Waals surface area contributed by atoms with E-state index in [2.05, 4.69) is 31.5 Å². The van der Waals surface area contributed by atoms with Crippen LogP contribution in [0.2, 0.25) is 0 Å². The number of hydrogen-bond acceptors (Lipinski definition) is 6. The molecular weight excluding hydrogens is 490 g/mol. The Labute approximate surface area is 189 Å². The first-order valence-electron chi connectivity index (χ1n) is 9.19. The molecule has 2 amide bonds. The molecule has 168 valence electrons. The Morgan fingerprint density at radius 2 is 1.55 bits per heavy atom. The van der Waals surface area contributed by atoms with Gasteiger partial charge in [-0.25, -0.2) is 8.42 Å². The third-order valence-electron chi connectivity index (χ3n) is 4.30. The van der Waals surface area contributed by atoms with Crippen LogP contribution < -0.4 is 25.0 Å². The minimum atomic E-state index is -3.95. The fourth-order valence-corrected chi connectivity index (χ4v) is 4.20. The zero-order valence-corrected chi connectivity index (χ0v) is 19.8.